The fraction of sp³-hybridized carbons (Fsp3) is 0.636. The van der Waals surface area contributed by atoms with E-state index in [-0.39, 0.29) is 0 Å². The van der Waals surface area contributed by atoms with Gasteiger partial charge in [-0.2, -0.15) is 4.98 Å². The van der Waals surface area contributed by atoms with Crippen LogP contribution in [0.2, 0.25) is 0 Å². The van der Waals surface area contributed by atoms with Crippen molar-refractivity contribution in [3.8, 4) is 5.88 Å². The smallest absolute Gasteiger partial charge is 0.232 e. The summed E-state index contributed by atoms with van der Waals surface area (Å²) in [5, 5.41) is 3.35. The number of hydrogen-bond acceptors (Lipinski definition) is 5. The number of piperidine rings is 1. The van der Waals surface area contributed by atoms with E-state index in [1.807, 2.05) is 0 Å². The van der Waals surface area contributed by atoms with Crippen molar-refractivity contribution in [2.24, 2.45) is 0 Å². The molecule has 5 nitrogen and oxygen atoms in total. The molecular formula is C11H17BrN4O. The van der Waals surface area contributed by atoms with Gasteiger partial charge in [-0.1, -0.05) is 0 Å². The second kappa shape index (κ2) is 5.64. The van der Waals surface area contributed by atoms with Gasteiger partial charge < -0.3 is 15.0 Å². The molecule has 0 atom stereocenters. The van der Waals surface area contributed by atoms with Crippen LogP contribution in [0.4, 0.5) is 5.95 Å². The molecule has 0 bridgehead atoms. The molecule has 0 aromatic carbocycles. The molecule has 6 heteroatoms. The molecule has 0 saturated carbocycles. The molecule has 1 aliphatic rings. The first-order valence-corrected chi connectivity index (χ1v) is 6.50. The average Bonchev–Trinajstić information content (AvgIpc) is 2.34. The number of nitrogens with zero attached hydrogens (tertiary/aromatic N) is 3. The van der Waals surface area contributed by atoms with Crippen LogP contribution in [-0.4, -0.2) is 48.2 Å². The number of nitrogens with one attached hydrogen (secondary N) is 1. The molecule has 0 unspecified atom stereocenters. The van der Waals surface area contributed by atoms with Gasteiger partial charge in [-0.25, -0.2) is 4.98 Å². The SMILES string of the molecule is COc1nc(NC2CCN(C)CC2)ncc1Br. The first-order chi connectivity index (χ1) is 8.19. The summed E-state index contributed by atoms with van der Waals surface area (Å²) in [5.41, 5.74) is 0. The highest BCUT2D eigenvalue weighted by Gasteiger charge is 2.17. The van der Waals surface area contributed by atoms with Crippen LogP contribution in [0.5, 0.6) is 5.88 Å². The summed E-state index contributed by atoms with van der Waals surface area (Å²) >= 11 is 3.34. The maximum Gasteiger partial charge on any atom is 0.232 e. The zero-order valence-corrected chi connectivity index (χ0v) is 11.7. The minimum Gasteiger partial charge on any atom is -0.480 e. The van der Waals surface area contributed by atoms with Gasteiger partial charge >= 0.3 is 0 Å². The number of likely N-dealkylation sites (tertiary alicyclic amines) is 1. The van der Waals surface area contributed by atoms with E-state index in [0.29, 0.717) is 17.9 Å². The Balaban J connectivity index is 1.99. The van der Waals surface area contributed by atoms with E-state index >= 15 is 0 Å². The molecule has 0 aliphatic carbocycles. The molecule has 17 heavy (non-hydrogen) atoms. The number of rotatable bonds is 3. The van der Waals surface area contributed by atoms with E-state index in [4.69, 9.17) is 4.74 Å². The first kappa shape index (κ1) is 12.6. The molecular weight excluding hydrogens is 284 g/mol. The molecule has 1 aromatic heterocycles. The monoisotopic (exact) mass is 300 g/mol. The highest BCUT2D eigenvalue weighted by Crippen LogP contribution is 2.22. The summed E-state index contributed by atoms with van der Waals surface area (Å²) in [7, 11) is 3.75. The predicted molar refractivity (Wildman–Crippen MR) is 70.4 cm³/mol. The second-order valence-corrected chi connectivity index (χ2v) is 5.13. The topological polar surface area (TPSA) is 50.3 Å². The highest BCUT2D eigenvalue weighted by molar-refractivity contribution is 9.10. The molecule has 94 valence electrons. The lowest BCUT2D eigenvalue weighted by Gasteiger charge is -2.29. The zero-order chi connectivity index (χ0) is 12.3. The minimum absolute atomic E-state index is 0.456. The molecule has 1 aromatic rings. The number of hydrogen-bond donors (Lipinski definition) is 1. The number of halogens is 1. The molecule has 0 radical (unpaired) electrons. The van der Waals surface area contributed by atoms with E-state index in [2.05, 4.69) is 43.2 Å². The molecule has 1 saturated heterocycles. The summed E-state index contributed by atoms with van der Waals surface area (Å²) in [6, 6.07) is 0.456. The lowest BCUT2D eigenvalue weighted by atomic mass is 10.1. The zero-order valence-electron chi connectivity index (χ0n) is 10.1. The third-order valence-corrected chi connectivity index (χ3v) is 3.50. The quantitative estimate of drug-likeness (QED) is 0.922. The number of ether oxygens (including phenoxy) is 1. The van der Waals surface area contributed by atoms with Gasteiger partial charge in [0.25, 0.3) is 0 Å². The fourth-order valence-electron chi connectivity index (χ4n) is 1.90. The highest BCUT2D eigenvalue weighted by atomic mass is 79.9. The predicted octanol–water partition coefficient (Wildman–Crippen LogP) is 1.75. The van der Waals surface area contributed by atoms with Gasteiger partial charge in [0.15, 0.2) is 0 Å². The van der Waals surface area contributed by atoms with Crippen LogP contribution < -0.4 is 10.1 Å². The number of methoxy groups -OCH3 is 1. The van der Waals surface area contributed by atoms with Gasteiger partial charge in [-0.3, -0.25) is 0 Å². The van der Waals surface area contributed by atoms with Crippen molar-refractivity contribution in [2.45, 2.75) is 18.9 Å². The van der Waals surface area contributed by atoms with Crippen molar-refractivity contribution in [1.29, 1.82) is 0 Å². The maximum absolute atomic E-state index is 5.15. The van der Waals surface area contributed by atoms with E-state index in [1.54, 1.807) is 13.3 Å². The Morgan fingerprint density at radius 1 is 1.47 bits per heavy atom. The van der Waals surface area contributed by atoms with Gasteiger partial charge in [-0.05, 0) is 48.9 Å². The number of aromatic nitrogens is 2. The molecule has 1 fully saturated rings. The number of anilines is 1. The Morgan fingerprint density at radius 3 is 2.82 bits per heavy atom. The van der Waals surface area contributed by atoms with Crippen LogP contribution in [0.15, 0.2) is 10.7 Å². The van der Waals surface area contributed by atoms with Crippen molar-refractivity contribution < 1.29 is 4.74 Å². The van der Waals surface area contributed by atoms with E-state index in [1.165, 1.54) is 0 Å². The summed E-state index contributed by atoms with van der Waals surface area (Å²) in [6.45, 7) is 2.23. The third kappa shape index (κ3) is 3.29. The van der Waals surface area contributed by atoms with Crippen molar-refractivity contribution >= 4 is 21.9 Å². The molecule has 1 aliphatic heterocycles. The summed E-state index contributed by atoms with van der Waals surface area (Å²) in [6.07, 6.45) is 3.96. The Hall–Kier alpha value is -0.880. The minimum atomic E-state index is 0.456. The standard InChI is InChI=1S/C11H17BrN4O/c1-16-5-3-8(4-6-16)14-11-13-7-9(12)10(15-11)17-2/h7-8H,3-6H2,1-2H3,(H,13,14,15). The normalized spacial score (nSPS) is 18.1. The van der Waals surface area contributed by atoms with Gasteiger partial charge in [0, 0.05) is 6.04 Å². The van der Waals surface area contributed by atoms with Gasteiger partial charge in [0.2, 0.25) is 11.8 Å². The summed E-state index contributed by atoms with van der Waals surface area (Å²) in [4.78, 5) is 10.9. The fourth-order valence-corrected chi connectivity index (χ4v) is 2.25. The van der Waals surface area contributed by atoms with Crippen LogP contribution >= 0.6 is 15.9 Å². The summed E-state index contributed by atoms with van der Waals surface area (Å²) < 4.78 is 5.92. The lowest BCUT2D eigenvalue weighted by molar-refractivity contribution is 0.263. The third-order valence-electron chi connectivity index (χ3n) is 2.96. The second-order valence-electron chi connectivity index (χ2n) is 4.27. The van der Waals surface area contributed by atoms with E-state index < -0.39 is 0 Å². The van der Waals surface area contributed by atoms with Crippen LogP contribution in [0.3, 0.4) is 0 Å². The first-order valence-electron chi connectivity index (χ1n) is 5.70. The van der Waals surface area contributed by atoms with Gasteiger partial charge in [0.1, 0.15) is 0 Å². The molecule has 2 heterocycles. The molecule has 0 amide bonds. The Kier molecular flexibility index (Phi) is 4.17. The van der Waals surface area contributed by atoms with E-state index in [0.717, 1.165) is 30.4 Å². The summed E-state index contributed by atoms with van der Waals surface area (Å²) in [5.74, 6) is 1.20. The van der Waals surface area contributed by atoms with Crippen molar-refractivity contribution in [1.82, 2.24) is 14.9 Å². The maximum atomic E-state index is 5.15. The van der Waals surface area contributed by atoms with Crippen LogP contribution in [-0.2, 0) is 0 Å². The average molecular weight is 301 g/mol. The van der Waals surface area contributed by atoms with Gasteiger partial charge in [-0.15, -0.1) is 0 Å². The van der Waals surface area contributed by atoms with Crippen molar-refractivity contribution in [3.05, 3.63) is 10.7 Å². The lowest BCUT2D eigenvalue weighted by Crippen LogP contribution is -2.37. The molecule has 1 N–H and O–H groups in total. The Labute approximate surface area is 110 Å². The van der Waals surface area contributed by atoms with Crippen molar-refractivity contribution in [2.75, 3.05) is 32.6 Å². The van der Waals surface area contributed by atoms with Gasteiger partial charge in [0.05, 0.1) is 17.8 Å². The largest absolute Gasteiger partial charge is 0.480 e. The van der Waals surface area contributed by atoms with Crippen LogP contribution in [0.1, 0.15) is 12.8 Å². The molecule has 2 rings (SSSR count). The molecule has 0 spiro atoms. The van der Waals surface area contributed by atoms with E-state index in [9.17, 15) is 0 Å². The van der Waals surface area contributed by atoms with Crippen LogP contribution in [0.25, 0.3) is 0 Å². The Morgan fingerprint density at radius 2 is 2.18 bits per heavy atom. The van der Waals surface area contributed by atoms with Crippen LogP contribution in [0, 0.1) is 0 Å². The Bertz CT molecular complexity index is 380. The van der Waals surface area contributed by atoms with Crippen molar-refractivity contribution in [3.63, 3.8) is 0 Å².